The van der Waals surface area contributed by atoms with E-state index in [1.165, 1.54) is 12.1 Å². The van der Waals surface area contributed by atoms with Crippen molar-refractivity contribution in [2.24, 2.45) is 0 Å². The van der Waals surface area contributed by atoms with E-state index in [0.717, 1.165) is 17.9 Å². The molecule has 0 amide bonds. The fourth-order valence-electron chi connectivity index (χ4n) is 1.86. The Morgan fingerprint density at radius 2 is 1.81 bits per heavy atom. The van der Waals surface area contributed by atoms with Crippen molar-refractivity contribution >= 4 is 23.1 Å². The average Bonchev–Trinajstić information content (AvgIpc) is 2.44. The zero-order valence-corrected chi connectivity index (χ0v) is 9.70. The third kappa shape index (κ3) is 2.40. The normalized spacial score (nSPS) is 17.2. The number of anilines is 2. The molecule has 0 atom stereocenters. The fourth-order valence-corrected chi connectivity index (χ4v) is 2.74. The van der Waals surface area contributed by atoms with E-state index in [1.54, 1.807) is 4.90 Å². The van der Waals surface area contributed by atoms with Gasteiger partial charge >= 0.3 is 0 Å². The van der Waals surface area contributed by atoms with Crippen LogP contribution in [-0.4, -0.2) is 24.6 Å². The Bertz CT molecular complexity index is 353. The van der Waals surface area contributed by atoms with E-state index in [1.807, 2.05) is 11.8 Å². The van der Waals surface area contributed by atoms with E-state index in [0.29, 0.717) is 13.1 Å². The molecule has 0 saturated carbocycles. The first kappa shape index (κ1) is 11.5. The molecule has 16 heavy (non-hydrogen) atoms. The van der Waals surface area contributed by atoms with Crippen molar-refractivity contribution in [3.63, 3.8) is 0 Å². The first-order chi connectivity index (χ1) is 7.68. The second kappa shape index (κ2) is 4.91. The summed E-state index contributed by atoms with van der Waals surface area (Å²) in [6.07, 6.45) is 0.952. The van der Waals surface area contributed by atoms with Crippen LogP contribution < -0.4 is 10.6 Å². The van der Waals surface area contributed by atoms with Gasteiger partial charge in [-0.25, -0.2) is 8.78 Å². The summed E-state index contributed by atoms with van der Waals surface area (Å²) in [5.74, 6) is 0.826. The number of hydrogen-bond donors (Lipinski definition) is 1. The maximum absolute atomic E-state index is 13.7. The van der Waals surface area contributed by atoms with E-state index in [2.05, 4.69) is 0 Å². The second-order valence-corrected chi connectivity index (χ2v) is 5.01. The third-order valence-corrected chi connectivity index (χ3v) is 3.63. The van der Waals surface area contributed by atoms with Crippen molar-refractivity contribution in [2.45, 2.75) is 6.42 Å². The summed E-state index contributed by atoms with van der Waals surface area (Å²) in [6.45, 7) is 1.38. The van der Waals surface area contributed by atoms with E-state index in [-0.39, 0.29) is 11.4 Å². The molecule has 1 saturated heterocycles. The summed E-state index contributed by atoms with van der Waals surface area (Å²) in [5.41, 5.74) is 5.58. The maximum Gasteiger partial charge on any atom is 0.151 e. The SMILES string of the molecule is Nc1cc(F)c(N2CCCSCC2)c(F)c1. The molecule has 0 aliphatic carbocycles. The van der Waals surface area contributed by atoms with Crippen LogP contribution in [0, 0.1) is 11.6 Å². The Kier molecular flexibility index (Phi) is 3.53. The predicted molar refractivity (Wildman–Crippen MR) is 64.9 cm³/mol. The van der Waals surface area contributed by atoms with Crippen molar-refractivity contribution in [3.8, 4) is 0 Å². The fraction of sp³-hybridized carbons (Fsp3) is 0.455. The van der Waals surface area contributed by atoms with Gasteiger partial charge in [0.25, 0.3) is 0 Å². The molecule has 2 nitrogen and oxygen atoms in total. The summed E-state index contributed by atoms with van der Waals surface area (Å²) in [5, 5.41) is 0. The average molecular weight is 244 g/mol. The van der Waals surface area contributed by atoms with Gasteiger partial charge in [0.05, 0.1) is 0 Å². The highest BCUT2D eigenvalue weighted by molar-refractivity contribution is 7.99. The van der Waals surface area contributed by atoms with Gasteiger partial charge in [-0.15, -0.1) is 0 Å². The first-order valence-electron chi connectivity index (χ1n) is 5.25. The van der Waals surface area contributed by atoms with Gasteiger partial charge < -0.3 is 10.6 Å². The molecule has 0 unspecified atom stereocenters. The molecule has 1 aliphatic rings. The number of hydrogen-bond acceptors (Lipinski definition) is 3. The molecular weight excluding hydrogens is 230 g/mol. The molecule has 1 aliphatic heterocycles. The van der Waals surface area contributed by atoms with Crippen molar-refractivity contribution in [2.75, 3.05) is 35.2 Å². The van der Waals surface area contributed by atoms with Crippen LogP contribution in [0.1, 0.15) is 6.42 Å². The van der Waals surface area contributed by atoms with Gasteiger partial charge in [0, 0.05) is 24.5 Å². The molecule has 0 bridgehead atoms. The quantitative estimate of drug-likeness (QED) is 0.770. The van der Waals surface area contributed by atoms with Crippen molar-refractivity contribution < 1.29 is 8.78 Å². The molecule has 1 aromatic rings. The number of thioether (sulfide) groups is 1. The summed E-state index contributed by atoms with van der Waals surface area (Å²) in [7, 11) is 0. The van der Waals surface area contributed by atoms with Crippen LogP contribution in [0.15, 0.2) is 12.1 Å². The van der Waals surface area contributed by atoms with E-state index in [4.69, 9.17) is 5.73 Å². The Labute approximate surface area is 97.8 Å². The Hall–Kier alpha value is -0.970. The highest BCUT2D eigenvalue weighted by Crippen LogP contribution is 2.27. The molecule has 5 heteroatoms. The topological polar surface area (TPSA) is 29.3 Å². The number of nitrogens with two attached hydrogens (primary N) is 1. The largest absolute Gasteiger partial charge is 0.399 e. The summed E-state index contributed by atoms with van der Waals surface area (Å²) >= 11 is 1.82. The standard InChI is InChI=1S/C11H14F2N2S/c12-9-6-8(14)7-10(13)11(9)15-2-1-4-16-5-3-15/h6-7H,1-5,14H2. The van der Waals surface area contributed by atoms with Crippen molar-refractivity contribution in [1.82, 2.24) is 0 Å². The number of nitrogen functional groups attached to an aromatic ring is 1. The monoisotopic (exact) mass is 244 g/mol. The van der Waals surface area contributed by atoms with Gasteiger partial charge in [-0.3, -0.25) is 0 Å². The lowest BCUT2D eigenvalue weighted by Gasteiger charge is -2.23. The predicted octanol–water partition coefficient (Wildman–Crippen LogP) is 2.49. The zero-order valence-electron chi connectivity index (χ0n) is 8.88. The van der Waals surface area contributed by atoms with Gasteiger partial charge in [0.2, 0.25) is 0 Å². The first-order valence-corrected chi connectivity index (χ1v) is 6.41. The number of rotatable bonds is 1. The van der Waals surface area contributed by atoms with E-state index in [9.17, 15) is 8.78 Å². The summed E-state index contributed by atoms with van der Waals surface area (Å²) in [6, 6.07) is 2.35. The molecule has 2 rings (SSSR count). The molecule has 1 heterocycles. The highest BCUT2D eigenvalue weighted by Gasteiger charge is 2.18. The maximum atomic E-state index is 13.7. The zero-order chi connectivity index (χ0) is 11.5. The molecule has 0 aromatic heterocycles. The van der Waals surface area contributed by atoms with Crippen LogP contribution in [0.25, 0.3) is 0 Å². The Balaban J connectivity index is 2.31. The lowest BCUT2D eigenvalue weighted by atomic mass is 10.2. The Morgan fingerprint density at radius 3 is 2.50 bits per heavy atom. The van der Waals surface area contributed by atoms with E-state index < -0.39 is 11.6 Å². The van der Waals surface area contributed by atoms with Crippen LogP contribution in [-0.2, 0) is 0 Å². The lowest BCUT2D eigenvalue weighted by molar-refractivity contribution is 0.573. The van der Waals surface area contributed by atoms with Crippen molar-refractivity contribution in [3.05, 3.63) is 23.8 Å². The summed E-state index contributed by atoms with van der Waals surface area (Å²) < 4.78 is 27.3. The van der Waals surface area contributed by atoms with E-state index >= 15 is 0 Å². The molecule has 2 N–H and O–H groups in total. The molecule has 1 fully saturated rings. The van der Waals surface area contributed by atoms with Crippen LogP contribution in [0.2, 0.25) is 0 Å². The summed E-state index contributed by atoms with van der Waals surface area (Å²) in [4.78, 5) is 1.77. The minimum absolute atomic E-state index is 0.0664. The van der Waals surface area contributed by atoms with Crippen LogP contribution in [0.3, 0.4) is 0 Å². The van der Waals surface area contributed by atoms with Gasteiger partial charge in [-0.1, -0.05) is 0 Å². The number of halogens is 2. The van der Waals surface area contributed by atoms with Gasteiger partial charge in [0.15, 0.2) is 11.6 Å². The second-order valence-electron chi connectivity index (χ2n) is 3.79. The van der Waals surface area contributed by atoms with Crippen molar-refractivity contribution in [1.29, 1.82) is 0 Å². The van der Waals surface area contributed by atoms with Crippen LogP contribution >= 0.6 is 11.8 Å². The number of benzene rings is 1. The third-order valence-electron chi connectivity index (χ3n) is 2.58. The van der Waals surface area contributed by atoms with Gasteiger partial charge in [-0.2, -0.15) is 11.8 Å². The van der Waals surface area contributed by atoms with Crippen LogP contribution in [0.5, 0.6) is 0 Å². The minimum Gasteiger partial charge on any atom is -0.399 e. The minimum atomic E-state index is -0.565. The molecule has 1 aromatic carbocycles. The molecule has 0 radical (unpaired) electrons. The molecule has 0 spiro atoms. The Morgan fingerprint density at radius 1 is 1.12 bits per heavy atom. The number of nitrogens with zero attached hydrogens (tertiary/aromatic N) is 1. The van der Waals surface area contributed by atoms with Crippen LogP contribution in [0.4, 0.5) is 20.2 Å². The lowest BCUT2D eigenvalue weighted by Crippen LogP contribution is -2.27. The highest BCUT2D eigenvalue weighted by atomic mass is 32.2. The van der Waals surface area contributed by atoms with Gasteiger partial charge in [-0.05, 0) is 24.3 Å². The molecule has 88 valence electrons. The molecular formula is C11H14F2N2S. The smallest absolute Gasteiger partial charge is 0.151 e. The van der Waals surface area contributed by atoms with Gasteiger partial charge in [0.1, 0.15) is 5.69 Å².